The van der Waals surface area contributed by atoms with E-state index >= 15 is 0 Å². The average Bonchev–Trinajstić information content (AvgIpc) is 3.24. The second kappa shape index (κ2) is 6.33. The number of hydrogen-bond acceptors (Lipinski definition) is 4. The summed E-state index contributed by atoms with van der Waals surface area (Å²) in [5, 5.41) is 0. The summed E-state index contributed by atoms with van der Waals surface area (Å²) in [6.07, 6.45) is -4.16. The number of amides is 3. The monoisotopic (exact) mass is 381 g/mol. The van der Waals surface area contributed by atoms with Crippen LogP contribution in [0.4, 0.5) is 18.9 Å². The van der Waals surface area contributed by atoms with Crippen molar-refractivity contribution in [2.75, 3.05) is 31.1 Å². The van der Waals surface area contributed by atoms with Crippen molar-refractivity contribution in [3.8, 4) is 0 Å². The van der Waals surface area contributed by atoms with Gasteiger partial charge in [0, 0.05) is 19.6 Å². The molecular weight excluding hydrogens is 363 g/mol. The van der Waals surface area contributed by atoms with E-state index in [-0.39, 0.29) is 37.9 Å². The molecule has 1 aromatic rings. The summed E-state index contributed by atoms with van der Waals surface area (Å²) in [5.41, 5.74) is 0.516. The predicted octanol–water partition coefficient (Wildman–Crippen LogP) is 1.27. The molecule has 4 rings (SSSR count). The molecule has 0 N–H and O–H groups in total. The van der Waals surface area contributed by atoms with Crippen LogP contribution in [0.2, 0.25) is 0 Å². The minimum atomic E-state index is -4.44. The quantitative estimate of drug-likeness (QED) is 0.740. The lowest BCUT2D eigenvalue weighted by Gasteiger charge is -2.25. The Bertz CT molecular complexity index is 759. The molecule has 3 amide bonds. The van der Waals surface area contributed by atoms with Crippen molar-refractivity contribution >= 4 is 23.4 Å². The van der Waals surface area contributed by atoms with Crippen molar-refractivity contribution in [1.82, 2.24) is 9.80 Å². The van der Waals surface area contributed by atoms with Crippen molar-refractivity contribution in [2.24, 2.45) is 11.8 Å². The fourth-order valence-electron chi connectivity index (χ4n) is 4.30. The van der Waals surface area contributed by atoms with Crippen LogP contribution >= 0.6 is 0 Å². The Balaban J connectivity index is 1.46. The van der Waals surface area contributed by atoms with Gasteiger partial charge >= 0.3 is 6.18 Å². The van der Waals surface area contributed by atoms with Gasteiger partial charge in [-0.1, -0.05) is 18.2 Å². The molecule has 6 nitrogen and oxygen atoms in total. The highest BCUT2D eigenvalue weighted by molar-refractivity contribution is 6.22. The van der Waals surface area contributed by atoms with Gasteiger partial charge in [-0.3, -0.25) is 19.3 Å². The molecule has 27 heavy (non-hydrogen) atoms. The van der Waals surface area contributed by atoms with Crippen LogP contribution in [-0.4, -0.2) is 65.9 Å². The molecule has 3 atom stereocenters. The first-order valence-electron chi connectivity index (χ1n) is 8.79. The summed E-state index contributed by atoms with van der Waals surface area (Å²) in [5.74, 6) is -2.30. The van der Waals surface area contributed by atoms with Crippen molar-refractivity contribution in [3.05, 3.63) is 30.3 Å². The fraction of sp³-hybridized carbons (Fsp3) is 0.500. The first-order valence-corrected chi connectivity index (χ1v) is 8.79. The van der Waals surface area contributed by atoms with Crippen LogP contribution in [0.3, 0.4) is 0 Å². The molecule has 0 saturated carbocycles. The number of carbonyl (C=O) groups excluding carboxylic acids is 3. The van der Waals surface area contributed by atoms with E-state index in [0.29, 0.717) is 5.69 Å². The Morgan fingerprint density at radius 1 is 0.926 bits per heavy atom. The van der Waals surface area contributed by atoms with E-state index in [4.69, 9.17) is 0 Å². The lowest BCUT2D eigenvalue weighted by atomic mass is 10.00. The van der Waals surface area contributed by atoms with Gasteiger partial charge in [0.2, 0.25) is 17.7 Å². The van der Waals surface area contributed by atoms with Gasteiger partial charge in [-0.25, -0.2) is 4.90 Å². The number of imide groups is 1. The number of anilines is 1. The second-order valence-electron chi connectivity index (χ2n) is 7.19. The van der Waals surface area contributed by atoms with Crippen LogP contribution in [0, 0.1) is 11.8 Å². The highest BCUT2D eigenvalue weighted by atomic mass is 19.4. The van der Waals surface area contributed by atoms with Gasteiger partial charge in [0.15, 0.2) is 0 Å². The highest BCUT2D eigenvalue weighted by Gasteiger charge is 2.55. The van der Waals surface area contributed by atoms with E-state index in [2.05, 4.69) is 0 Å². The summed E-state index contributed by atoms with van der Waals surface area (Å²) in [6, 6.07) is 7.94. The minimum Gasteiger partial charge on any atom is -0.332 e. The zero-order valence-corrected chi connectivity index (χ0v) is 14.4. The standard InChI is InChI=1S/C18H18F3N3O3/c19-18(20,21)10-22-7-6-14(17(22)27)23-8-12-13(9-23)16(26)24(15(12)25)11-4-2-1-3-5-11/h1-5,12-14H,6-10H2. The topological polar surface area (TPSA) is 60.9 Å². The van der Waals surface area contributed by atoms with Gasteiger partial charge in [-0.2, -0.15) is 13.2 Å². The second-order valence-corrected chi connectivity index (χ2v) is 7.19. The van der Waals surface area contributed by atoms with Crippen molar-refractivity contribution < 1.29 is 27.6 Å². The lowest BCUT2D eigenvalue weighted by molar-refractivity contribution is -0.159. The van der Waals surface area contributed by atoms with E-state index in [9.17, 15) is 27.6 Å². The zero-order valence-electron chi connectivity index (χ0n) is 14.4. The van der Waals surface area contributed by atoms with Crippen molar-refractivity contribution in [3.63, 3.8) is 0 Å². The maximum Gasteiger partial charge on any atom is 0.406 e. The first kappa shape index (κ1) is 18.0. The van der Waals surface area contributed by atoms with Crippen molar-refractivity contribution in [2.45, 2.75) is 18.6 Å². The molecule has 3 fully saturated rings. The SMILES string of the molecule is O=C1C(N2CC3C(=O)N(c4ccccc4)C(=O)C3C2)CCN1CC(F)(F)F. The molecule has 0 aromatic heterocycles. The number of benzene rings is 1. The Morgan fingerprint density at radius 2 is 1.52 bits per heavy atom. The minimum absolute atomic E-state index is 0.0346. The molecule has 3 aliphatic heterocycles. The molecular formula is C18H18F3N3O3. The first-order chi connectivity index (χ1) is 12.8. The third-order valence-electron chi connectivity index (χ3n) is 5.52. The van der Waals surface area contributed by atoms with E-state index in [0.717, 1.165) is 4.90 Å². The predicted molar refractivity (Wildman–Crippen MR) is 88.5 cm³/mol. The van der Waals surface area contributed by atoms with E-state index in [1.165, 1.54) is 4.90 Å². The van der Waals surface area contributed by atoms with Crippen LogP contribution in [0.25, 0.3) is 0 Å². The lowest BCUT2D eigenvalue weighted by Crippen LogP contribution is -2.45. The summed E-state index contributed by atoms with van der Waals surface area (Å²) in [7, 11) is 0. The fourth-order valence-corrected chi connectivity index (χ4v) is 4.30. The molecule has 3 saturated heterocycles. The number of rotatable bonds is 3. The molecule has 3 unspecified atom stereocenters. The Labute approximate surface area is 153 Å². The molecule has 9 heteroatoms. The van der Waals surface area contributed by atoms with Gasteiger partial charge in [0.1, 0.15) is 6.54 Å². The smallest absolute Gasteiger partial charge is 0.332 e. The zero-order chi connectivity index (χ0) is 19.3. The number of nitrogens with zero attached hydrogens (tertiary/aromatic N) is 3. The maximum absolute atomic E-state index is 12.7. The van der Waals surface area contributed by atoms with Crippen LogP contribution in [0.1, 0.15) is 6.42 Å². The largest absolute Gasteiger partial charge is 0.406 e. The van der Waals surface area contributed by atoms with Gasteiger partial charge in [0.25, 0.3) is 0 Å². The molecule has 0 aliphatic carbocycles. The summed E-state index contributed by atoms with van der Waals surface area (Å²) >= 11 is 0. The normalized spacial score (nSPS) is 29.1. The van der Waals surface area contributed by atoms with E-state index in [1.54, 1.807) is 35.2 Å². The molecule has 3 aliphatic rings. The number of halogens is 3. The molecule has 144 valence electrons. The Kier molecular flexibility index (Phi) is 4.21. The number of alkyl halides is 3. The van der Waals surface area contributed by atoms with Gasteiger partial charge in [-0.15, -0.1) is 0 Å². The molecule has 0 bridgehead atoms. The number of para-hydroxylation sites is 1. The molecule has 1 aromatic carbocycles. The van der Waals surface area contributed by atoms with E-state index in [1.807, 2.05) is 0 Å². The van der Waals surface area contributed by atoms with E-state index < -0.39 is 36.5 Å². The molecule has 0 radical (unpaired) electrons. The van der Waals surface area contributed by atoms with Crippen LogP contribution in [0.5, 0.6) is 0 Å². The van der Waals surface area contributed by atoms with Crippen molar-refractivity contribution in [1.29, 1.82) is 0 Å². The third-order valence-corrected chi connectivity index (χ3v) is 5.52. The number of fused-ring (bicyclic) bond motifs is 1. The maximum atomic E-state index is 12.7. The molecule has 0 spiro atoms. The van der Waals surface area contributed by atoms with Gasteiger partial charge in [-0.05, 0) is 18.6 Å². The van der Waals surface area contributed by atoms with Gasteiger partial charge < -0.3 is 4.90 Å². The Hall–Kier alpha value is -2.42. The average molecular weight is 381 g/mol. The number of likely N-dealkylation sites (tertiary alicyclic amines) is 2. The number of hydrogen-bond donors (Lipinski definition) is 0. The van der Waals surface area contributed by atoms with Crippen LogP contribution in [0.15, 0.2) is 30.3 Å². The third kappa shape index (κ3) is 3.09. The summed E-state index contributed by atoms with van der Waals surface area (Å²) in [6.45, 7) is -0.792. The van der Waals surface area contributed by atoms with Crippen LogP contribution in [-0.2, 0) is 14.4 Å². The number of carbonyl (C=O) groups is 3. The highest BCUT2D eigenvalue weighted by Crippen LogP contribution is 2.38. The summed E-state index contributed by atoms with van der Waals surface area (Å²) in [4.78, 5) is 41.5. The van der Waals surface area contributed by atoms with Gasteiger partial charge in [0.05, 0.1) is 23.6 Å². The molecule has 3 heterocycles. The Morgan fingerprint density at radius 3 is 2.07 bits per heavy atom. The summed E-state index contributed by atoms with van der Waals surface area (Å²) < 4.78 is 37.7. The van der Waals surface area contributed by atoms with Crippen LogP contribution < -0.4 is 4.90 Å².